The summed E-state index contributed by atoms with van der Waals surface area (Å²) in [5.41, 5.74) is 5.20. The molecule has 0 aliphatic heterocycles. The van der Waals surface area contributed by atoms with Gasteiger partial charge < -0.3 is 10.8 Å². The van der Waals surface area contributed by atoms with Crippen molar-refractivity contribution in [1.29, 1.82) is 0 Å². The van der Waals surface area contributed by atoms with Gasteiger partial charge in [0, 0.05) is 12.8 Å². The largest absolute Gasteiger partial charge is 0.481 e. The second-order valence-electron chi connectivity index (χ2n) is 1.99. The molecule has 11 heavy (non-hydrogen) atoms. The molecule has 0 saturated heterocycles. The summed E-state index contributed by atoms with van der Waals surface area (Å²) in [7, 11) is 0. The molecule has 0 radical (unpaired) electrons. The summed E-state index contributed by atoms with van der Waals surface area (Å²) in [6.07, 6.45) is 4.38. The summed E-state index contributed by atoms with van der Waals surface area (Å²) in [6, 6.07) is 0. The van der Waals surface area contributed by atoms with E-state index < -0.39 is 5.97 Å². The zero-order chi connectivity index (χ0) is 9.11. The third-order valence-corrected chi connectivity index (χ3v) is 1.09. The maximum atomic E-state index is 9.93. The van der Waals surface area contributed by atoms with Gasteiger partial charge in [-0.25, -0.2) is 0 Å². The fourth-order valence-electron chi connectivity index (χ4n) is 0.597. The molecule has 0 aliphatic rings. The molecule has 68 valence electrons. The standard InChI is InChI=1S/C6H13NO2.CH3Cl/c7-5-3-1-2-4-6(8)9;1-2/h1-5,7H2,(H,8,9);1H3. The second kappa shape index (κ2) is 12.4. The van der Waals surface area contributed by atoms with Crippen LogP contribution in [-0.2, 0) is 4.79 Å². The van der Waals surface area contributed by atoms with Crippen molar-refractivity contribution in [2.75, 3.05) is 12.9 Å². The van der Waals surface area contributed by atoms with Crippen molar-refractivity contribution in [2.45, 2.75) is 25.7 Å². The number of unbranched alkanes of at least 4 members (excludes halogenated alkanes) is 2. The Morgan fingerprint density at radius 3 is 2.27 bits per heavy atom. The van der Waals surface area contributed by atoms with Gasteiger partial charge in [-0.05, 0) is 19.4 Å². The van der Waals surface area contributed by atoms with Crippen LogP contribution in [0.2, 0.25) is 0 Å². The van der Waals surface area contributed by atoms with E-state index in [1.54, 1.807) is 0 Å². The van der Waals surface area contributed by atoms with Crippen LogP contribution in [0, 0.1) is 0 Å². The van der Waals surface area contributed by atoms with Crippen molar-refractivity contribution in [3.8, 4) is 0 Å². The topological polar surface area (TPSA) is 63.3 Å². The third kappa shape index (κ3) is 17.7. The molecule has 4 heteroatoms. The second-order valence-corrected chi connectivity index (χ2v) is 1.99. The molecule has 0 fully saturated rings. The quantitative estimate of drug-likeness (QED) is 0.499. The number of aliphatic carboxylic acids is 1. The van der Waals surface area contributed by atoms with Crippen molar-refractivity contribution in [3.63, 3.8) is 0 Å². The van der Waals surface area contributed by atoms with Gasteiger partial charge in [-0.1, -0.05) is 6.42 Å². The monoisotopic (exact) mass is 181 g/mol. The molecule has 0 aromatic carbocycles. The fourth-order valence-corrected chi connectivity index (χ4v) is 0.597. The lowest BCUT2D eigenvalue weighted by Crippen LogP contribution is -1.99. The van der Waals surface area contributed by atoms with E-state index in [4.69, 9.17) is 10.8 Å². The summed E-state index contributed by atoms with van der Waals surface area (Å²) in [4.78, 5) is 9.93. The van der Waals surface area contributed by atoms with Gasteiger partial charge in [-0.15, -0.1) is 11.6 Å². The van der Waals surface area contributed by atoms with E-state index in [1.807, 2.05) is 0 Å². The molecule has 0 unspecified atom stereocenters. The molecule has 0 atom stereocenters. The van der Waals surface area contributed by atoms with Crippen molar-refractivity contribution in [2.24, 2.45) is 5.73 Å². The first-order chi connectivity index (χ1) is 5.27. The first-order valence-electron chi connectivity index (χ1n) is 3.57. The Labute approximate surface area is 72.5 Å². The highest BCUT2D eigenvalue weighted by atomic mass is 35.5. The summed E-state index contributed by atoms with van der Waals surface area (Å²) >= 11 is 4.64. The molecule has 0 aromatic rings. The van der Waals surface area contributed by atoms with E-state index in [0.29, 0.717) is 6.54 Å². The SMILES string of the molecule is CCl.NCCCCCC(=O)O. The summed E-state index contributed by atoms with van der Waals surface area (Å²) < 4.78 is 0. The number of carbonyl (C=O) groups is 1. The van der Waals surface area contributed by atoms with E-state index in [2.05, 4.69) is 11.6 Å². The van der Waals surface area contributed by atoms with Crippen LogP contribution in [0.1, 0.15) is 25.7 Å². The Kier molecular flexibility index (Phi) is 15.0. The number of alkyl halides is 1. The average molecular weight is 182 g/mol. The number of carboxylic acids is 1. The minimum atomic E-state index is -0.716. The number of nitrogens with two attached hydrogens (primary N) is 1. The Balaban J connectivity index is 0. The molecule has 3 nitrogen and oxygen atoms in total. The predicted octanol–water partition coefficient (Wildman–Crippen LogP) is 1.45. The minimum Gasteiger partial charge on any atom is -0.481 e. The van der Waals surface area contributed by atoms with Crippen LogP contribution in [0.3, 0.4) is 0 Å². The predicted molar refractivity (Wildman–Crippen MR) is 46.9 cm³/mol. The highest BCUT2D eigenvalue weighted by Gasteiger charge is 1.94. The van der Waals surface area contributed by atoms with Gasteiger partial charge in [0.25, 0.3) is 0 Å². The molecular weight excluding hydrogens is 166 g/mol. The van der Waals surface area contributed by atoms with Crippen molar-refractivity contribution in [3.05, 3.63) is 0 Å². The molecular formula is C7H16ClNO2. The molecule has 0 amide bonds. The molecule has 0 rings (SSSR count). The zero-order valence-electron chi connectivity index (χ0n) is 6.85. The maximum absolute atomic E-state index is 9.93. The molecule has 0 heterocycles. The number of hydrogen-bond acceptors (Lipinski definition) is 2. The van der Waals surface area contributed by atoms with Crippen LogP contribution < -0.4 is 5.73 Å². The van der Waals surface area contributed by atoms with Gasteiger partial charge in [0.05, 0.1) is 0 Å². The summed E-state index contributed by atoms with van der Waals surface area (Å²) in [6.45, 7) is 0.666. The first kappa shape index (κ1) is 13.3. The Hall–Kier alpha value is -0.280. The van der Waals surface area contributed by atoms with Crippen LogP contribution in [0.5, 0.6) is 0 Å². The lowest BCUT2D eigenvalue weighted by atomic mass is 10.2. The molecule has 0 aromatic heterocycles. The Morgan fingerprint density at radius 1 is 1.36 bits per heavy atom. The third-order valence-electron chi connectivity index (χ3n) is 1.09. The van der Waals surface area contributed by atoms with E-state index in [9.17, 15) is 4.79 Å². The smallest absolute Gasteiger partial charge is 0.303 e. The summed E-state index contributed by atoms with van der Waals surface area (Å²) in [5, 5.41) is 8.18. The van der Waals surface area contributed by atoms with Crippen molar-refractivity contribution >= 4 is 17.6 Å². The van der Waals surface area contributed by atoms with Crippen LogP contribution >= 0.6 is 11.6 Å². The van der Waals surface area contributed by atoms with E-state index in [0.717, 1.165) is 19.3 Å². The molecule has 0 bridgehead atoms. The number of halogens is 1. The van der Waals surface area contributed by atoms with Gasteiger partial charge in [0.2, 0.25) is 0 Å². The number of rotatable bonds is 5. The molecule has 3 N–H and O–H groups in total. The molecule has 0 saturated carbocycles. The average Bonchev–Trinajstić information content (AvgIpc) is 2.02. The minimum absolute atomic E-state index is 0.278. The molecule has 0 aliphatic carbocycles. The number of hydrogen-bond donors (Lipinski definition) is 2. The van der Waals surface area contributed by atoms with Gasteiger partial charge in [0.1, 0.15) is 0 Å². The maximum Gasteiger partial charge on any atom is 0.303 e. The van der Waals surface area contributed by atoms with Crippen molar-refractivity contribution in [1.82, 2.24) is 0 Å². The lowest BCUT2D eigenvalue weighted by molar-refractivity contribution is -0.137. The highest BCUT2D eigenvalue weighted by molar-refractivity contribution is 6.15. The zero-order valence-corrected chi connectivity index (χ0v) is 7.60. The fraction of sp³-hybridized carbons (Fsp3) is 0.857. The normalized spacial score (nSPS) is 8.27. The van der Waals surface area contributed by atoms with E-state index in [-0.39, 0.29) is 6.42 Å². The van der Waals surface area contributed by atoms with Crippen LogP contribution in [0.4, 0.5) is 0 Å². The van der Waals surface area contributed by atoms with Crippen LogP contribution in [-0.4, -0.2) is 24.0 Å². The lowest BCUT2D eigenvalue weighted by Gasteiger charge is -1.93. The highest BCUT2D eigenvalue weighted by Crippen LogP contribution is 1.97. The Morgan fingerprint density at radius 2 is 1.91 bits per heavy atom. The molecule has 0 spiro atoms. The van der Waals surface area contributed by atoms with Crippen LogP contribution in [0.25, 0.3) is 0 Å². The summed E-state index contributed by atoms with van der Waals surface area (Å²) in [5.74, 6) is -0.716. The Bertz CT molecular complexity index is 88.5. The van der Waals surface area contributed by atoms with Gasteiger partial charge in [-0.2, -0.15) is 0 Å². The number of carboxylic acid groups (broad SMARTS) is 1. The van der Waals surface area contributed by atoms with Crippen molar-refractivity contribution < 1.29 is 9.90 Å². The van der Waals surface area contributed by atoms with Gasteiger partial charge in [-0.3, -0.25) is 4.79 Å². The van der Waals surface area contributed by atoms with Gasteiger partial charge in [0.15, 0.2) is 0 Å². The van der Waals surface area contributed by atoms with Crippen LogP contribution in [0.15, 0.2) is 0 Å². The van der Waals surface area contributed by atoms with E-state index >= 15 is 0 Å². The van der Waals surface area contributed by atoms with E-state index in [1.165, 1.54) is 6.38 Å². The first-order valence-corrected chi connectivity index (χ1v) is 4.32. The van der Waals surface area contributed by atoms with Gasteiger partial charge >= 0.3 is 5.97 Å².